The predicted molar refractivity (Wildman–Crippen MR) is 60.4 cm³/mol. The van der Waals surface area contributed by atoms with Crippen molar-refractivity contribution in [3.63, 3.8) is 0 Å². The molecule has 1 rings (SSSR count). The van der Waals surface area contributed by atoms with Gasteiger partial charge < -0.3 is 10.1 Å². The Balaban J connectivity index is 2.95. The summed E-state index contributed by atoms with van der Waals surface area (Å²) in [6.07, 6.45) is 1.59. The summed E-state index contributed by atoms with van der Waals surface area (Å²) in [5, 5.41) is 11.2. The third kappa shape index (κ3) is 3.46. The fraction of sp³-hybridized carbons (Fsp3) is 0.167. The van der Waals surface area contributed by atoms with E-state index < -0.39 is 0 Å². The minimum absolute atomic E-state index is 0.209. The number of benzene rings is 1. The molecule has 82 valence electrons. The summed E-state index contributed by atoms with van der Waals surface area (Å²) in [6, 6.07) is 9.13. The van der Waals surface area contributed by atoms with Crippen LogP contribution in [0.1, 0.15) is 12.5 Å². The van der Waals surface area contributed by atoms with Gasteiger partial charge in [0.05, 0.1) is 7.11 Å². The number of rotatable bonds is 3. The summed E-state index contributed by atoms with van der Waals surface area (Å²) in [5.74, 6) is 0.435. The highest BCUT2D eigenvalue weighted by molar-refractivity contribution is 5.78. The maximum absolute atomic E-state index is 10.8. The fourth-order valence-corrected chi connectivity index (χ4v) is 1.18. The van der Waals surface area contributed by atoms with E-state index >= 15 is 0 Å². The number of methoxy groups -OCH3 is 1. The number of carbonyl (C=O) groups is 1. The van der Waals surface area contributed by atoms with Gasteiger partial charge in [-0.05, 0) is 23.8 Å². The van der Waals surface area contributed by atoms with Crippen LogP contribution in [0.2, 0.25) is 0 Å². The Morgan fingerprint density at radius 3 is 2.88 bits per heavy atom. The summed E-state index contributed by atoms with van der Waals surface area (Å²) in [4.78, 5) is 10.8. The number of hydrogen-bond donors (Lipinski definition) is 1. The molecule has 1 aromatic carbocycles. The molecule has 0 radical (unpaired) electrons. The molecule has 0 bridgehead atoms. The molecule has 0 saturated heterocycles. The fourth-order valence-electron chi connectivity index (χ4n) is 1.18. The first-order valence-corrected chi connectivity index (χ1v) is 4.69. The Morgan fingerprint density at radius 2 is 2.31 bits per heavy atom. The van der Waals surface area contributed by atoms with Crippen LogP contribution in [0.5, 0.6) is 5.75 Å². The molecule has 4 heteroatoms. The van der Waals surface area contributed by atoms with Gasteiger partial charge in [0.15, 0.2) is 0 Å². The van der Waals surface area contributed by atoms with Gasteiger partial charge in [-0.25, -0.2) is 0 Å². The van der Waals surface area contributed by atoms with Crippen LogP contribution in [-0.4, -0.2) is 13.0 Å². The number of nitriles is 1. The van der Waals surface area contributed by atoms with Crippen molar-refractivity contribution in [1.82, 2.24) is 5.32 Å². The largest absolute Gasteiger partial charge is 0.497 e. The minimum atomic E-state index is -0.268. The smallest absolute Gasteiger partial charge is 0.221 e. The molecule has 4 nitrogen and oxygen atoms in total. The second kappa shape index (κ2) is 5.56. The van der Waals surface area contributed by atoms with Crippen LogP contribution in [0, 0.1) is 11.3 Å². The van der Waals surface area contributed by atoms with Gasteiger partial charge in [0.2, 0.25) is 5.91 Å². The summed E-state index contributed by atoms with van der Waals surface area (Å²) < 4.78 is 5.05. The topological polar surface area (TPSA) is 62.1 Å². The number of hydrogen-bond acceptors (Lipinski definition) is 3. The Kier molecular flexibility index (Phi) is 4.10. The van der Waals surface area contributed by atoms with Gasteiger partial charge in [0.1, 0.15) is 17.5 Å². The lowest BCUT2D eigenvalue weighted by Crippen LogP contribution is -2.17. The molecule has 0 heterocycles. The van der Waals surface area contributed by atoms with Crippen LogP contribution in [0.3, 0.4) is 0 Å². The van der Waals surface area contributed by atoms with Crippen molar-refractivity contribution in [2.45, 2.75) is 6.92 Å². The molecule has 1 aromatic rings. The molecule has 1 amide bonds. The van der Waals surface area contributed by atoms with Gasteiger partial charge >= 0.3 is 0 Å². The van der Waals surface area contributed by atoms with E-state index in [1.54, 1.807) is 19.3 Å². The highest BCUT2D eigenvalue weighted by Gasteiger charge is 1.99. The second-order valence-electron chi connectivity index (χ2n) is 3.13. The number of amides is 1. The van der Waals surface area contributed by atoms with Crippen molar-refractivity contribution in [3.05, 3.63) is 35.5 Å². The average molecular weight is 216 g/mol. The van der Waals surface area contributed by atoms with E-state index in [9.17, 15) is 4.79 Å². The van der Waals surface area contributed by atoms with Crippen LogP contribution >= 0.6 is 0 Å². The van der Waals surface area contributed by atoms with Gasteiger partial charge in [0, 0.05) is 6.92 Å². The average Bonchev–Trinajstić information content (AvgIpc) is 2.28. The molecule has 0 aromatic heterocycles. The molecule has 0 atom stereocenters. The van der Waals surface area contributed by atoms with E-state index in [1.807, 2.05) is 24.3 Å². The molecule has 16 heavy (non-hydrogen) atoms. The molecule has 1 N–H and O–H groups in total. The van der Waals surface area contributed by atoms with Gasteiger partial charge in [-0.1, -0.05) is 12.1 Å². The molecular weight excluding hydrogens is 204 g/mol. The molecule has 0 aliphatic heterocycles. The van der Waals surface area contributed by atoms with E-state index in [1.165, 1.54) is 6.92 Å². The van der Waals surface area contributed by atoms with Crippen molar-refractivity contribution in [1.29, 1.82) is 5.26 Å². The Bertz CT molecular complexity index is 458. The number of carbonyl (C=O) groups excluding carboxylic acids is 1. The van der Waals surface area contributed by atoms with Gasteiger partial charge in [-0.2, -0.15) is 5.26 Å². The zero-order chi connectivity index (χ0) is 12.0. The van der Waals surface area contributed by atoms with Crippen molar-refractivity contribution >= 4 is 12.0 Å². The zero-order valence-electron chi connectivity index (χ0n) is 9.15. The van der Waals surface area contributed by atoms with Crippen LogP contribution in [-0.2, 0) is 4.79 Å². The van der Waals surface area contributed by atoms with Crippen molar-refractivity contribution in [3.8, 4) is 11.8 Å². The Hall–Kier alpha value is -2.28. The molecule has 0 aliphatic carbocycles. The standard InChI is InChI=1S/C12H12N2O2/c1-9(15)14-11(8-13)6-10-4-3-5-12(7-10)16-2/h3-7H,1-2H3,(H,14,15)/b11-6+. The quantitative estimate of drug-likeness (QED) is 0.782. The molecule has 0 fully saturated rings. The molecule has 0 unspecified atom stereocenters. The molecule has 0 saturated carbocycles. The Morgan fingerprint density at radius 1 is 1.56 bits per heavy atom. The predicted octanol–water partition coefficient (Wildman–Crippen LogP) is 1.70. The SMILES string of the molecule is COc1cccc(/C=C(\C#N)NC(C)=O)c1. The van der Waals surface area contributed by atoms with Crippen LogP contribution in [0.25, 0.3) is 6.08 Å². The van der Waals surface area contributed by atoms with Crippen LogP contribution < -0.4 is 10.1 Å². The van der Waals surface area contributed by atoms with Gasteiger partial charge in [-0.3, -0.25) is 4.79 Å². The lowest BCUT2D eigenvalue weighted by Gasteiger charge is -2.02. The van der Waals surface area contributed by atoms with Crippen molar-refractivity contribution in [2.75, 3.05) is 7.11 Å². The highest BCUT2D eigenvalue weighted by Crippen LogP contribution is 2.14. The third-order valence-electron chi connectivity index (χ3n) is 1.84. The van der Waals surface area contributed by atoms with Crippen LogP contribution in [0.15, 0.2) is 30.0 Å². The first kappa shape index (κ1) is 11.8. The number of ether oxygens (including phenoxy) is 1. The first-order chi connectivity index (χ1) is 7.65. The van der Waals surface area contributed by atoms with Gasteiger partial charge in [0.25, 0.3) is 0 Å². The lowest BCUT2D eigenvalue weighted by atomic mass is 10.2. The van der Waals surface area contributed by atoms with E-state index in [2.05, 4.69) is 5.32 Å². The van der Waals surface area contributed by atoms with E-state index in [-0.39, 0.29) is 11.6 Å². The number of nitrogens with one attached hydrogen (secondary N) is 1. The minimum Gasteiger partial charge on any atom is -0.497 e. The van der Waals surface area contributed by atoms with Crippen molar-refractivity contribution in [2.24, 2.45) is 0 Å². The lowest BCUT2D eigenvalue weighted by molar-refractivity contribution is -0.118. The summed E-state index contributed by atoms with van der Waals surface area (Å²) >= 11 is 0. The molecule has 0 spiro atoms. The summed E-state index contributed by atoms with van der Waals surface area (Å²) in [7, 11) is 1.57. The van der Waals surface area contributed by atoms with E-state index in [0.717, 1.165) is 5.56 Å². The number of nitrogens with zero attached hydrogens (tertiary/aromatic N) is 1. The van der Waals surface area contributed by atoms with E-state index in [4.69, 9.17) is 10.00 Å². The first-order valence-electron chi connectivity index (χ1n) is 4.69. The summed E-state index contributed by atoms with van der Waals surface area (Å²) in [6.45, 7) is 1.36. The van der Waals surface area contributed by atoms with E-state index in [0.29, 0.717) is 5.75 Å². The zero-order valence-corrected chi connectivity index (χ0v) is 9.15. The van der Waals surface area contributed by atoms with Gasteiger partial charge in [-0.15, -0.1) is 0 Å². The maximum atomic E-state index is 10.8. The third-order valence-corrected chi connectivity index (χ3v) is 1.84. The Labute approximate surface area is 94.1 Å². The second-order valence-corrected chi connectivity index (χ2v) is 3.13. The molecular formula is C12H12N2O2. The normalized spacial score (nSPS) is 10.4. The summed E-state index contributed by atoms with van der Waals surface area (Å²) in [5.41, 5.74) is 1.01. The van der Waals surface area contributed by atoms with Crippen LogP contribution in [0.4, 0.5) is 0 Å². The number of allylic oxidation sites excluding steroid dienone is 1. The highest BCUT2D eigenvalue weighted by atomic mass is 16.5. The molecule has 0 aliphatic rings. The maximum Gasteiger partial charge on any atom is 0.221 e. The van der Waals surface area contributed by atoms with Crippen molar-refractivity contribution < 1.29 is 9.53 Å². The monoisotopic (exact) mass is 216 g/mol.